The summed E-state index contributed by atoms with van der Waals surface area (Å²) in [6, 6.07) is 7.46. The van der Waals surface area contributed by atoms with Gasteiger partial charge in [-0.05, 0) is 44.9 Å². The number of rotatable bonds is 10. The van der Waals surface area contributed by atoms with Crippen LogP contribution in [-0.4, -0.2) is 53.7 Å². The fraction of sp³-hybridized carbons (Fsp3) is 0.500. The predicted octanol–water partition coefficient (Wildman–Crippen LogP) is 4.22. The zero-order chi connectivity index (χ0) is 19.5. The number of aliphatic imine (C=N–C) groups is 1. The molecule has 6 nitrogen and oxygen atoms in total. The van der Waals surface area contributed by atoms with Crippen LogP contribution in [0.1, 0.15) is 25.6 Å². The molecular formula is C20H31ClIN5O. The highest BCUT2D eigenvalue weighted by atomic mass is 127. The summed E-state index contributed by atoms with van der Waals surface area (Å²) in [6.07, 6.45) is 5.99. The van der Waals surface area contributed by atoms with Gasteiger partial charge in [0, 0.05) is 44.1 Å². The largest absolute Gasteiger partial charge is 0.492 e. The number of ether oxygens (including phenoxy) is 1. The summed E-state index contributed by atoms with van der Waals surface area (Å²) in [4.78, 5) is 11.1. The van der Waals surface area contributed by atoms with Gasteiger partial charge in [0.05, 0.1) is 6.54 Å². The Kier molecular flexibility index (Phi) is 12.0. The lowest BCUT2D eigenvalue weighted by atomic mass is 10.3. The minimum absolute atomic E-state index is 0. The van der Waals surface area contributed by atoms with Crippen LogP contribution in [0.2, 0.25) is 5.02 Å². The molecule has 0 amide bonds. The normalized spacial score (nSPS) is 11.1. The lowest BCUT2D eigenvalue weighted by molar-refractivity contribution is 0.281. The summed E-state index contributed by atoms with van der Waals surface area (Å²) in [6.45, 7) is 8.05. The quantitative estimate of drug-likeness (QED) is 0.221. The SMILES string of the molecule is CCNC(=NCCCCn1ccnc1C)N(C)CCOc1cccc(Cl)c1.I. The molecule has 2 rings (SSSR count). The van der Waals surface area contributed by atoms with Crippen molar-refractivity contribution in [2.45, 2.75) is 33.2 Å². The highest BCUT2D eigenvalue weighted by Gasteiger charge is 2.06. The first-order valence-electron chi connectivity index (χ1n) is 9.45. The van der Waals surface area contributed by atoms with E-state index in [4.69, 9.17) is 21.3 Å². The Balaban J connectivity index is 0.00000392. The highest BCUT2D eigenvalue weighted by molar-refractivity contribution is 14.0. The minimum Gasteiger partial charge on any atom is -0.492 e. The Labute approximate surface area is 190 Å². The standard InChI is InChI=1S/C20H30ClN5O.HI/c1-4-22-20(24-10-5-6-12-26-13-11-23-17(26)2)25(3)14-15-27-19-9-7-8-18(21)16-19;/h7-9,11,13,16H,4-6,10,12,14-15H2,1-3H3,(H,22,24);1H. The van der Waals surface area contributed by atoms with Crippen LogP contribution >= 0.6 is 35.6 Å². The van der Waals surface area contributed by atoms with Gasteiger partial charge in [0.15, 0.2) is 5.96 Å². The van der Waals surface area contributed by atoms with Gasteiger partial charge >= 0.3 is 0 Å². The summed E-state index contributed by atoms with van der Waals surface area (Å²) in [5.74, 6) is 2.75. The predicted molar refractivity (Wildman–Crippen MR) is 127 cm³/mol. The molecule has 0 atom stereocenters. The first-order valence-corrected chi connectivity index (χ1v) is 9.83. The fourth-order valence-electron chi connectivity index (χ4n) is 2.65. The van der Waals surface area contributed by atoms with E-state index in [1.165, 1.54) is 0 Å². The third kappa shape index (κ3) is 8.68. The molecule has 0 aliphatic heterocycles. The van der Waals surface area contributed by atoms with Crippen LogP contribution in [0.5, 0.6) is 5.75 Å². The van der Waals surface area contributed by atoms with E-state index in [0.29, 0.717) is 11.6 Å². The number of likely N-dealkylation sites (N-methyl/N-ethyl adjacent to an activating group) is 1. The van der Waals surface area contributed by atoms with Gasteiger partial charge in [-0.1, -0.05) is 17.7 Å². The molecule has 0 fully saturated rings. The number of nitrogens with one attached hydrogen (secondary N) is 1. The number of hydrogen-bond donors (Lipinski definition) is 1. The Morgan fingerprint density at radius 2 is 2.18 bits per heavy atom. The molecule has 1 aromatic heterocycles. The van der Waals surface area contributed by atoms with E-state index in [1.807, 2.05) is 50.6 Å². The smallest absolute Gasteiger partial charge is 0.193 e. The number of aromatic nitrogens is 2. The fourth-order valence-corrected chi connectivity index (χ4v) is 2.83. The molecule has 0 aliphatic carbocycles. The van der Waals surface area contributed by atoms with Crippen LogP contribution in [0.4, 0.5) is 0 Å². The molecule has 28 heavy (non-hydrogen) atoms. The summed E-state index contributed by atoms with van der Waals surface area (Å²) in [7, 11) is 2.03. The number of hydrogen-bond acceptors (Lipinski definition) is 3. The van der Waals surface area contributed by atoms with Gasteiger partial charge in [0.1, 0.15) is 18.2 Å². The number of nitrogens with zero attached hydrogens (tertiary/aromatic N) is 4. The number of benzene rings is 1. The monoisotopic (exact) mass is 519 g/mol. The van der Waals surface area contributed by atoms with E-state index in [2.05, 4.69) is 26.7 Å². The Hall–Kier alpha value is -1.48. The lowest BCUT2D eigenvalue weighted by Crippen LogP contribution is -2.41. The number of unbranched alkanes of at least 4 members (excludes halogenated alkanes) is 1. The lowest BCUT2D eigenvalue weighted by Gasteiger charge is -2.22. The summed E-state index contributed by atoms with van der Waals surface area (Å²) >= 11 is 5.98. The highest BCUT2D eigenvalue weighted by Crippen LogP contribution is 2.16. The molecule has 0 saturated carbocycles. The van der Waals surface area contributed by atoms with Crippen LogP contribution in [0.25, 0.3) is 0 Å². The number of halogens is 2. The maximum atomic E-state index is 5.98. The zero-order valence-electron chi connectivity index (χ0n) is 16.9. The van der Waals surface area contributed by atoms with Crippen molar-refractivity contribution in [2.75, 3.05) is 33.3 Å². The van der Waals surface area contributed by atoms with Gasteiger partial charge < -0.3 is 19.5 Å². The first-order chi connectivity index (χ1) is 13.1. The van der Waals surface area contributed by atoms with Crippen molar-refractivity contribution in [2.24, 2.45) is 4.99 Å². The average molecular weight is 520 g/mol. The third-order valence-corrected chi connectivity index (χ3v) is 4.42. The molecule has 2 aromatic rings. The van der Waals surface area contributed by atoms with E-state index in [0.717, 1.165) is 56.6 Å². The van der Waals surface area contributed by atoms with Crippen LogP contribution in [0.15, 0.2) is 41.7 Å². The molecule has 0 radical (unpaired) electrons. The van der Waals surface area contributed by atoms with Crippen molar-refractivity contribution in [3.63, 3.8) is 0 Å². The molecule has 0 saturated heterocycles. The molecule has 0 aliphatic rings. The maximum absolute atomic E-state index is 5.98. The van der Waals surface area contributed by atoms with Gasteiger partial charge in [0.2, 0.25) is 0 Å². The molecule has 0 unspecified atom stereocenters. The van der Waals surface area contributed by atoms with Crippen molar-refractivity contribution >= 4 is 41.5 Å². The first kappa shape index (κ1) is 24.6. The third-order valence-electron chi connectivity index (χ3n) is 4.18. The van der Waals surface area contributed by atoms with Gasteiger partial charge in [-0.15, -0.1) is 24.0 Å². The topological polar surface area (TPSA) is 54.7 Å². The molecule has 0 bridgehead atoms. The van der Waals surface area contributed by atoms with Crippen molar-refractivity contribution in [3.8, 4) is 5.75 Å². The molecule has 0 spiro atoms. The summed E-state index contributed by atoms with van der Waals surface area (Å²) in [5.41, 5.74) is 0. The van der Waals surface area contributed by atoms with Crippen molar-refractivity contribution < 1.29 is 4.74 Å². The van der Waals surface area contributed by atoms with Gasteiger partial charge in [-0.25, -0.2) is 4.98 Å². The van der Waals surface area contributed by atoms with Crippen LogP contribution < -0.4 is 10.1 Å². The molecule has 1 N–H and O–H groups in total. The van der Waals surface area contributed by atoms with Gasteiger partial charge in [-0.3, -0.25) is 4.99 Å². The van der Waals surface area contributed by atoms with Crippen LogP contribution in [0.3, 0.4) is 0 Å². The Morgan fingerprint density at radius 3 is 2.86 bits per heavy atom. The van der Waals surface area contributed by atoms with E-state index in [1.54, 1.807) is 0 Å². The maximum Gasteiger partial charge on any atom is 0.193 e. The summed E-state index contributed by atoms with van der Waals surface area (Å²) < 4.78 is 7.94. The molecule has 156 valence electrons. The average Bonchev–Trinajstić information content (AvgIpc) is 3.05. The van der Waals surface area contributed by atoms with E-state index in [9.17, 15) is 0 Å². The van der Waals surface area contributed by atoms with E-state index in [-0.39, 0.29) is 24.0 Å². The second-order valence-electron chi connectivity index (χ2n) is 6.34. The minimum atomic E-state index is 0. The van der Waals surface area contributed by atoms with Crippen molar-refractivity contribution in [1.82, 2.24) is 19.8 Å². The molecule has 1 heterocycles. The van der Waals surface area contributed by atoms with Gasteiger partial charge in [-0.2, -0.15) is 0 Å². The number of guanidine groups is 1. The van der Waals surface area contributed by atoms with E-state index < -0.39 is 0 Å². The van der Waals surface area contributed by atoms with Gasteiger partial charge in [0.25, 0.3) is 0 Å². The second-order valence-corrected chi connectivity index (χ2v) is 6.77. The van der Waals surface area contributed by atoms with Crippen LogP contribution in [-0.2, 0) is 6.54 Å². The van der Waals surface area contributed by atoms with Crippen molar-refractivity contribution in [1.29, 1.82) is 0 Å². The van der Waals surface area contributed by atoms with Crippen molar-refractivity contribution in [3.05, 3.63) is 47.5 Å². The van der Waals surface area contributed by atoms with E-state index >= 15 is 0 Å². The Morgan fingerprint density at radius 1 is 1.36 bits per heavy atom. The summed E-state index contributed by atoms with van der Waals surface area (Å²) in [5, 5.41) is 4.02. The zero-order valence-corrected chi connectivity index (χ0v) is 20.0. The second kappa shape index (κ2) is 13.7. The molecular weight excluding hydrogens is 489 g/mol. The Bertz CT molecular complexity index is 722. The number of imidazole rings is 1. The van der Waals surface area contributed by atoms with Crippen LogP contribution in [0, 0.1) is 6.92 Å². The number of aryl methyl sites for hydroxylation is 2. The molecule has 8 heteroatoms. The molecule has 1 aromatic carbocycles.